The Hall–Kier alpha value is -2.37. The van der Waals surface area contributed by atoms with Crippen LogP contribution in [-0.2, 0) is 30.6 Å². The lowest BCUT2D eigenvalue weighted by molar-refractivity contribution is -0.145. The number of hydrogen-bond acceptors (Lipinski definition) is 4. The van der Waals surface area contributed by atoms with Crippen LogP contribution >= 0.6 is 23.0 Å². The zero-order chi connectivity index (χ0) is 19.9. The number of esters is 1. The monoisotopic (exact) mass is 480 g/mol. The number of carboxylic acid groups (broad SMARTS) is 1. The summed E-state index contributed by atoms with van der Waals surface area (Å²) >= 11 is 1.88. The predicted molar refractivity (Wildman–Crippen MR) is 111 cm³/mol. The van der Waals surface area contributed by atoms with E-state index in [9.17, 15) is 4.79 Å². The van der Waals surface area contributed by atoms with Crippen molar-refractivity contribution in [2.45, 2.75) is 33.0 Å². The van der Waals surface area contributed by atoms with Gasteiger partial charge in [0.25, 0.3) is 6.47 Å². The Kier molecular flexibility index (Phi) is 11.6. The quantitative estimate of drug-likeness (QED) is 0.286. The van der Waals surface area contributed by atoms with Crippen LogP contribution in [0, 0.1) is 11.8 Å². The highest BCUT2D eigenvalue weighted by molar-refractivity contribution is 14.1. The van der Waals surface area contributed by atoms with E-state index in [1.807, 2.05) is 78.5 Å². The van der Waals surface area contributed by atoms with Gasteiger partial charge in [0.15, 0.2) is 0 Å². The van der Waals surface area contributed by atoms with Crippen LogP contribution in [0.4, 0.5) is 0 Å². The molecule has 0 aliphatic heterocycles. The fraction of sp³-hybridized carbons (Fsp3) is 0.238. The molecule has 0 unspecified atom stereocenters. The van der Waals surface area contributed by atoms with Crippen LogP contribution in [0.5, 0.6) is 0 Å². The summed E-state index contributed by atoms with van der Waals surface area (Å²) in [6.07, 6.45) is 1.27. The van der Waals surface area contributed by atoms with Gasteiger partial charge in [-0.05, 0) is 41.8 Å². The highest BCUT2D eigenvalue weighted by Crippen LogP contribution is 2.09. The second kappa shape index (κ2) is 13.8. The molecule has 2 rings (SSSR count). The predicted octanol–water partition coefficient (Wildman–Crippen LogP) is 4.50. The first-order valence-corrected chi connectivity index (χ1v) is 9.18. The molecule has 6 heteroatoms. The standard InChI is InChI=1S/C20H19IO3.CH2O2/c1-2-4-20(22)23-14-18-11-8-16(9-12-18)7-10-17-5-3-6-19(13-17)15-24-21;2-1-3/h3,5-6,8-9,11-13H,2,4,14-15H2,1H3;1H,(H,2,3). The van der Waals surface area contributed by atoms with Gasteiger partial charge in [0.1, 0.15) is 29.6 Å². The summed E-state index contributed by atoms with van der Waals surface area (Å²) in [4.78, 5) is 19.7. The second-order valence-corrected chi connectivity index (χ2v) is 6.04. The van der Waals surface area contributed by atoms with E-state index in [0.717, 1.165) is 28.7 Å². The van der Waals surface area contributed by atoms with E-state index in [0.29, 0.717) is 19.6 Å². The Bertz CT molecular complexity index is 775. The first-order chi connectivity index (χ1) is 13.1. The lowest BCUT2D eigenvalue weighted by Gasteiger charge is -2.04. The van der Waals surface area contributed by atoms with Crippen molar-refractivity contribution in [3.8, 4) is 11.8 Å². The highest BCUT2D eigenvalue weighted by atomic mass is 127. The molecule has 0 aromatic heterocycles. The zero-order valence-corrected chi connectivity index (χ0v) is 17.1. The van der Waals surface area contributed by atoms with Crippen molar-refractivity contribution in [3.63, 3.8) is 0 Å². The summed E-state index contributed by atoms with van der Waals surface area (Å²) < 4.78 is 10.3. The maximum absolute atomic E-state index is 11.4. The van der Waals surface area contributed by atoms with Crippen molar-refractivity contribution in [1.82, 2.24) is 0 Å². The largest absolute Gasteiger partial charge is 0.483 e. The molecule has 0 amide bonds. The Balaban J connectivity index is 0.00000114. The normalized spacial score (nSPS) is 9.26. The van der Waals surface area contributed by atoms with Crippen LogP contribution in [0.2, 0.25) is 0 Å². The molecule has 0 fully saturated rings. The average molecular weight is 480 g/mol. The van der Waals surface area contributed by atoms with Crippen molar-refractivity contribution in [1.29, 1.82) is 0 Å². The molecule has 0 atom stereocenters. The minimum Gasteiger partial charge on any atom is -0.483 e. The van der Waals surface area contributed by atoms with E-state index >= 15 is 0 Å². The Morgan fingerprint density at radius 2 is 1.74 bits per heavy atom. The third-order valence-corrected chi connectivity index (χ3v) is 3.62. The molecule has 0 radical (unpaired) electrons. The lowest BCUT2D eigenvalue weighted by atomic mass is 10.1. The zero-order valence-electron chi connectivity index (χ0n) is 15.0. The summed E-state index contributed by atoms with van der Waals surface area (Å²) in [5, 5.41) is 6.89. The Labute approximate surface area is 173 Å². The lowest BCUT2D eigenvalue weighted by Crippen LogP contribution is -2.03. The fourth-order valence-electron chi connectivity index (χ4n) is 2.07. The van der Waals surface area contributed by atoms with Crippen molar-refractivity contribution < 1.29 is 22.5 Å². The van der Waals surface area contributed by atoms with Crippen LogP contribution < -0.4 is 0 Å². The van der Waals surface area contributed by atoms with Crippen LogP contribution in [-0.4, -0.2) is 17.5 Å². The molecule has 2 aromatic carbocycles. The molecule has 142 valence electrons. The van der Waals surface area contributed by atoms with Gasteiger partial charge < -0.3 is 12.9 Å². The Morgan fingerprint density at radius 1 is 1.07 bits per heavy atom. The maximum atomic E-state index is 11.4. The molecule has 0 saturated carbocycles. The molecule has 0 aliphatic rings. The molecule has 1 N–H and O–H groups in total. The van der Waals surface area contributed by atoms with Crippen LogP contribution in [0.15, 0.2) is 48.5 Å². The number of rotatable bonds is 6. The van der Waals surface area contributed by atoms with Gasteiger partial charge in [-0.3, -0.25) is 9.59 Å². The van der Waals surface area contributed by atoms with E-state index < -0.39 is 0 Å². The second-order valence-electron chi connectivity index (χ2n) is 5.42. The van der Waals surface area contributed by atoms with E-state index in [-0.39, 0.29) is 12.4 Å². The Morgan fingerprint density at radius 3 is 2.37 bits per heavy atom. The number of halogens is 1. The third kappa shape index (κ3) is 9.78. The van der Waals surface area contributed by atoms with E-state index in [4.69, 9.17) is 17.7 Å². The topological polar surface area (TPSA) is 72.8 Å². The molecule has 2 aromatic rings. The molecule has 5 nitrogen and oxygen atoms in total. The molecular formula is C21H21IO5. The molecule has 0 aliphatic carbocycles. The number of carbonyl (C=O) groups is 2. The maximum Gasteiger partial charge on any atom is 0.306 e. The van der Waals surface area contributed by atoms with Crippen molar-refractivity contribution in [2.75, 3.05) is 0 Å². The van der Waals surface area contributed by atoms with Gasteiger partial charge >= 0.3 is 5.97 Å². The summed E-state index contributed by atoms with van der Waals surface area (Å²) in [5.41, 5.74) is 3.94. The third-order valence-electron chi connectivity index (χ3n) is 3.31. The minimum atomic E-state index is -0.250. The van der Waals surface area contributed by atoms with Gasteiger partial charge in [-0.15, -0.1) is 0 Å². The first-order valence-electron chi connectivity index (χ1n) is 8.29. The number of ether oxygens (including phenoxy) is 1. The van der Waals surface area contributed by atoms with Crippen molar-refractivity contribution in [3.05, 3.63) is 70.8 Å². The summed E-state index contributed by atoms with van der Waals surface area (Å²) in [5.74, 6) is 6.14. The van der Waals surface area contributed by atoms with E-state index in [2.05, 4.69) is 11.8 Å². The van der Waals surface area contributed by atoms with E-state index in [1.165, 1.54) is 0 Å². The number of hydrogen-bond donors (Lipinski definition) is 1. The number of carbonyl (C=O) groups excluding carboxylic acids is 1. The summed E-state index contributed by atoms with van der Waals surface area (Å²) in [6.45, 7) is 2.59. The molecule has 0 heterocycles. The van der Waals surface area contributed by atoms with Gasteiger partial charge in [-0.1, -0.05) is 43.0 Å². The SMILES string of the molecule is CCCC(=O)OCc1ccc(C#Cc2cccc(COI)c2)cc1.O=CO. The molecular weight excluding hydrogens is 459 g/mol. The number of benzene rings is 2. The van der Waals surface area contributed by atoms with Crippen LogP contribution in [0.25, 0.3) is 0 Å². The first kappa shape index (κ1) is 22.7. The highest BCUT2D eigenvalue weighted by Gasteiger charge is 2.01. The fourth-order valence-corrected chi connectivity index (χ4v) is 2.43. The molecule has 0 bridgehead atoms. The van der Waals surface area contributed by atoms with Gasteiger partial charge in [0, 0.05) is 17.5 Å². The molecule has 0 saturated heterocycles. The van der Waals surface area contributed by atoms with Gasteiger partial charge in [0.2, 0.25) is 0 Å². The van der Waals surface area contributed by atoms with Crippen molar-refractivity contribution in [2.24, 2.45) is 0 Å². The average Bonchev–Trinajstić information content (AvgIpc) is 2.67. The summed E-state index contributed by atoms with van der Waals surface area (Å²) in [6, 6.07) is 15.7. The van der Waals surface area contributed by atoms with Crippen LogP contribution in [0.1, 0.15) is 42.0 Å². The van der Waals surface area contributed by atoms with Crippen LogP contribution in [0.3, 0.4) is 0 Å². The van der Waals surface area contributed by atoms with Gasteiger partial charge in [-0.2, -0.15) is 0 Å². The van der Waals surface area contributed by atoms with Crippen molar-refractivity contribution >= 4 is 35.4 Å². The smallest absolute Gasteiger partial charge is 0.306 e. The molecule has 0 spiro atoms. The van der Waals surface area contributed by atoms with Gasteiger partial charge in [-0.25, -0.2) is 0 Å². The van der Waals surface area contributed by atoms with E-state index in [1.54, 1.807) is 0 Å². The minimum absolute atomic E-state index is 0.156. The van der Waals surface area contributed by atoms with Gasteiger partial charge in [0.05, 0.1) is 6.61 Å². The summed E-state index contributed by atoms with van der Waals surface area (Å²) in [7, 11) is 0. The molecule has 27 heavy (non-hydrogen) atoms.